The third-order valence-electron chi connectivity index (χ3n) is 2.77. The first-order valence-electron chi connectivity index (χ1n) is 5.61. The van der Waals surface area contributed by atoms with Crippen molar-refractivity contribution in [2.24, 2.45) is 0 Å². The molecule has 1 aliphatic rings. The average molecular weight is 271 g/mol. The van der Waals surface area contributed by atoms with Gasteiger partial charge in [-0.1, -0.05) is 11.6 Å². The van der Waals surface area contributed by atoms with E-state index in [0.29, 0.717) is 21.5 Å². The van der Waals surface area contributed by atoms with Gasteiger partial charge >= 0.3 is 0 Å². The van der Waals surface area contributed by atoms with Gasteiger partial charge in [-0.2, -0.15) is 11.8 Å². The van der Waals surface area contributed by atoms with Crippen molar-refractivity contribution in [1.29, 1.82) is 0 Å². The standard InChI is InChI=1S/C12H15ClN2OS/c13-10-4-3-8(6-11(10)14)12(16)15-7-9-2-1-5-17-9/h3-4,6,9H,1-2,5,7,14H2,(H,15,16). The van der Waals surface area contributed by atoms with E-state index in [2.05, 4.69) is 5.32 Å². The molecule has 1 amide bonds. The molecular weight excluding hydrogens is 256 g/mol. The number of anilines is 1. The molecule has 17 heavy (non-hydrogen) atoms. The predicted molar refractivity (Wildman–Crippen MR) is 73.7 cm³/mol. The van der Waals surface area contributed by atoms with Crippen LogP contribution in [0.2, 0.25) is 5.02 Å². The number of hydrogen-bond acceptors (Lipinski definition) is 3. The first kappa shape index (κ1) is 12.6. The second kappa shape index (κ2) is 5.65. The number of nitrogens with two attached hydrogens (primary N) is 1. The summed E-state index contributed by atoms with van der Waals surface area (Å²) in [7, 11) is 0. The van der Waals surface area contributed by atoms with Crippen LogP contribution in [0.1, 0.15) is 23.2 Å². The van der Waals surface area contributed by atoms with Crippen molar-refractivity contribution < 1.29 is 4.79 Å². The first-order chi connectivity index (χ1) is 8.16. The maximum atomic E-state index is 11.8. The van der Waals surface area contributed by atoms with E-state index in [1.54, 1.807) is 18.2 Å². The highest BCUT2D eigenvalue weighted by molar-refractivity contribution is 8.00. The molecule has 0 radical (unpaired) electrons. The fraction of sp³-hybridized carbons (Fsp3) is 0.417. The van der Waals surface area contributed by atoms with Gasteiger partial charge in [-0.3, -0.25) is 4.79 Å². The minimum atomic E-state index is -0.0825. The van der Waals surface area contributed by atoms with Gasteiger partial charge in [-0.15, -0.1) is 0 Å². The van der Waals surface area contributed by atoms with Crippen LogP contribution in [0.3, 0.4) is 0 Å². The molecule has 1 aromatic carbocycles. The molecule has 1 aromatic rings. The van der Waals surface area contributed by atoms with Crippen LogP contribution in [-0.2, 0) is 0 Å². The maximum Gasteiger partial charge on any atom is 0.251 e. The first-order valence-corrected chi connectivity index (χ1v) is 7.04. The summed E-state index contributed by atoms with van der Waals surface area (Å²) < 4.78 is 0. The fourth-order valence-electron chi connectivity index (χ4n) is 1.80. The highest BCUT2D eigenvalue weighted by Crippen LogP contribution is 2.25. The number of rotatable bonds is 3. The molecule has 1 unspecified atom stereocenters. The summed E-state index contributed by atoms with van der Waals surface area (Å²) in [5.41, 5.74) is 6.66. The summed E-state index contributed by atoms with van der Waals surface area (Å²) in [6, 6.07) is 4.95. The average Bonchev–Trinajstić information content (AvgIpc) is 2.82. The van der Waals surface area contributed by atoms with Crippen LogP contribution in [0.15, 0.2) is 18.2 Å². The molecule has 2 rings (SSSR count). The lowest BCUT2D eigenvalue weighted by Crippen LogP contribution is -2.29. The van der Waals surface area contributed by atoms with E-state index in [4.69, 9.17) is 17.3 Å². The minimum Gasteiger partial charge on any atom is -0.398 e. The molecule has 5 heteroatoms. The van der Waals surface area contributed by atoms with Gasteiger partial charge in [0.05, 0.1) is 10.7 Å². The highest BCUT2D eigenvalue weighted by Gasteiger charge is 2.16. The van der Waals surface area contributed by atoms with Crippen LogP contribution in [0.4, 0.5) is 5.69 Å². The van der Waals surface area contributed by atoms with E-state index in [9.17, 15) is 4.79 Å². The van der Waals surface area contributed by atoms with Crippen molar-refractivity contribution in [3.63, 3.8) is 0 Å². The Labute approximate surface area is 110 Å². The molecule has 1 atom stereocenters. The van der Waals surface area contributed by atoms with E-state index in [-0.39, 0.29) is 5.91 Å². The Morgan fingerprint density at radius 3 is 3.06 bits per heavy atom. The number of thioether (sulfide) groups is 1. The molecule has 0 aliphatic carbocycles. The molecule has 3 nitrogen and oxygen atoms in total. The second-order valence-corrected chi connectivity index (χ2v) is 5.90. The molecule has 92 valence electrons. The molecule has 1 fully saturated rings. The van der Waals surface area contributed by atoms with Crippen molar-refractivity contribution in [2.75, 3.05) is 18.0 Å². The Morgan fingerprint density at radius 1 is 1.59 bits per heavy atom. The Kier molecular flexibility index (Phi) is 4.18. The Hall–Kier alpha value is -0.870. The van der Waals surface area contributed by atoms with E-state index < -0.39 is 0 Å². The number of halogens is 1. The summed E-state index contributed by atoms with van der Waals surface area (Å²) in [5.74, 6) is 1.12. The number of benzene rings is 1. The van der Waals surface area contributed by atoms with Gasteiger partial charge in [0.2, 0.25) is 0 Å². The summed E-state index contributed by atoms with van der Waals surface area (Å²) in [5, 5.41) is 3.97. The second-order valence-electron chi connectivity index (χ2n) is 4.08. The van der Waals surface area contributed by atoms with Gasteiger partial charge in [0.15, 0.2) is 0 Å². The summed E-state index contributed by atoms with van der Waals surface area (Å²) >= 11 is 7.73. The molecule has 1 heterocycles. The number of nitrogens with one attached hydrogen (secondary N) is 1. The van der Waals surface area contributed by atoms with E-state index in [1.165, 1.54) is 18.6 Å². The van der Waals surface area contributed by atoms with Crippen molar-refractivity contribution in [3.8, 4) is 0 Å². The molecule has 1 saturated heterocycles. The van der Waals surface area contributed by atoms with Crippen molar-refractivity contribution >= 4 is 35.0 Å². The maximum absolute atomic E-state index is 11.8. The molecule has 0 saturated carbocycles. The lowest BCUT2D eigenvalue weighted by atomic mass is 10.2. The smallest absolute Gasteiger partial charge is 0.251 e. The van der Waals surface area contributed by atoms with Gasteiger partial charge in [0.1, 0.15) is 0 Å². The topological polar surface area (TPSA) is 55.1 Å². The number of hydrogen-bond donors (Lipinski definition) is 2. The summed E-state index contributed by atoms with van der Waals surface area (Å²) in [6.07, 6.45) is 2.44. The Balaban J connectivity index is 1.92. The molecule has 0 aromatic heterocycles. The van der Waals surface area contributed by atoms with Crippen LogP contribution in [-0.4, -0.2) is 23.5 Å². The van der Waals surface area contributed by atoms with Crippen molar-refractivity contribution in [3.05, 3.63) is 28.8 Å². The van der Waals surface area contributed by atoms with E-state index in [1.807, 2.05) is 11.8 Å². The van der Waals surface area contributed by atoms with Crippen molar-refractivity contribution in [2.45, 2.75) is 18.1 Å². The van der Waals surface area contributed by atoms with E-state index >= 15 is 0 Å². The molecule has 1 aliphatic heterocycles. The van der Waals surface area contributed by atoms with Crippen LogP contribution in [0.25, 0.3) is 0 Å². The van der Waals surface area contributed by atoms with E-state index in [0.717, 1.165) is 6.54 Å². The van der Waals surface area contributed by atoms with Crippen molar-refractivity contribution in [1.82, 2.24) is 5.32 Å². The quantitative estimate of drug-likeness (QED) is 0.830. The monoisotopic (exact) mass is 270 g/mol. The van der Waals surface area contributed by atoms with Gasteiger partial charge in [0, 0.05) is 17.4 Å². The molecule has 0 spiro atoms. The molecule has 3 N–H and O–H groups in total. The zero-order valence-corrected chi connectivity index (χ0v) is 11.0. The van der Waals surface area contributed by atoms with Gasteiger partial charge in [-0.25, -0.2) is 0 Å². The van der Waals surface area contributed by atoms with Crippen LogP contribution < -0.4 is 11.1 Å². The lowest BCUT2D eigenvalue weighted by molar-refractivity contribution is 0.0953. The third-order valence-corrected chi connectivity index (χ3v) is 4.51. The fourth-order valence-corrected chi connectivity index (χ4v) is 3.12. The lowest BCUT2D eigenvalue weighted by Gasteiger charge is -2.10. The van der Waals surface area contributed by atoms with Crippen LogP contribution in [0, 0.1) is 0 Å². The number of carbonyl (C=O) groups excluding carboxylic acids is 1. The molecular formula is C12H15ClN2OS. The van der Waals surface area contributed by atoms with Crippen LogP contribution in [0.5, 0.6) is 0 Å². The minimum absolute atomic E-state index is 0.0825. The number of amides is 1. The Morgan fingerprint density at radius 2 is 2.41 bits per heavy atom. The predicted octanol–water partition coefficient (Wildman–Crippen LogP) is 2.55. The zero-order valence-electron chi connectivity index (χ0n) is 9.41. The van der Waals surface area contributed by atoms with Gasteiger partial charge < -0.3 is 11.1 Å². The number of carbonyl (C=O) groups is 1. The largest absolute Gasteiger partial charge is 0.398 e. The van der Waals surface area contributed by atoms with Crippen LogP contribution >= 0.6 is 23.4 Å². The van der Waals surface area contributed by atoms with Gasteiger partial charge in [0.25, 0.3) is 5.91 Å². The zero-order chi connectivity index (χ0) is 12.3. The Bertz CT molecular complexity index is 419. The highest BCUT2D eigenvalue weighted by atomic mass is 35.5. The molecule has 0 bridgehead atoms. The summed E-state index contributed by atoms with van der Waals surface area (Å²) in [6.45, 7) is 0.728. The third kappa shape index (κ3) is 3.30. The number of nitrogen functional groups attached to an aromatic ring is 1. The normalized spacial score (nSPS) is 19.2. The SMILES string of the molecule is Nc1cc(C(=O)NCC2CCCS2)ccc1Cl. The summed E-state index contributed by atoms with van der Waals surface area (Å²) in [4.78, 5) is 11.8. The van der Waals surface area contributed by atoms with Gasteiger partial charge in [-0.05, 0) is 36.8 Å².